The monoisotopic (exact) mass is 310 g/mol. The first-order valence-electron chi connectivity index (χ1n) is 4.93. The van der Waals surface area contributed by atoms with Crippen LogP contribution in [0.2, 0.25) is 5.15 Å². The van der Waals surface area contributed by atoms with Gasteiger partial charge in [-0.3, -0.25) is 0 Å². The number of aromatic nitrogens is 1. The average Bonchev–Trinajstić information content (AvgIpc) is 2.30. The number of pyridine rings is 1. The molecule has 0 N–H and O–H groups in total. The summed E-state index contributed by atoms with van der Waals surface area (Å²) in [6, 6.07) is 12.3. The third kappa shape index (κ3) is 8.07. The molecule has 19 heavy (non-hydrogen) atoms. The molecule has 0 amide bonds. The molecule has 1 aromatic heterocycles. The van der Waals surface area contributed by atoms with Crippen LogP contribution in [0.25, 0.3) is 0 Å². The van der Waals surface area contributed by atoms with E-state index in [0.717, 1.165) is 12.1 Å². The molecule has 0 saturated heterocycles. The largest absolute Gasteiger partial charge is 1.00 e. The zero-order chi connectivity index (χ0) is 13.6. The second-order valence-corrected chi connectivity index (χ2v) is 3.77. The quantitative estimate of drug-likeness (QED) is 0.407. The van der Waals surface area contributed by atoms with Gasteiger partial charge in [0.05, 0.1) is 0 Å². The predicted molar refractivity (Wildman–Crippen MR) is 63.1 cm³/mol. The number of benzene rings is 1. The number of alkyl halides is 3. The average molecular weight is 311 g/mol. The zero-order valence-corrected chi connectivity index (χ0v) is 14.3. The summed E-state index contributed by atoms with van der Waals surface area (Å²) in [6.07, 6.45) is -2.34. The summed E-state index contributed by atoms with van der Waals surface area (Å²) in [5, 5.41) is -0.208. The molecule has 0 atom stereocenters. The van der Waals surface area contributed by atoms with Crippen molar-refractivity contribution in [3.63, 3.8) is 0 Å². The molecule has 0 radical (unpaired) electrons. The Morgan fingerprint density at radius 3 is 2.11 bits per heavy atom. The van der Waals surface area contributed by atoms with Crippen LogP contribution in [0.4, 0.5) is 13.2 Å². The molecule has 0 aliphatic heterocycles. The van der Waals surface area contributed by atoms with Crippen molar-refractivity contribution in [2.75, 3.05) is 0 Å². The van der Waals surface area contributed by atoms with Crippen molar-refractivity contribution in [2.24, 2.45) is 0 Å². The minimum Gasteiger partial charge on any atom is -0.376 e. The summed E-state index contributed by atoms with van der Waals surface area (Å²) >= 11 is 5.21. The van der Waals surface area contributed by atoms with Gasteiger partial charge in [0.15, 0.2) is 0 Å². The molecular weight excluding hydrogens is 302 g/mol. The van der Waals surface area contributed by atoms with E-state index in [9.17, 15) is 13.2 Å². The topological polar surface area (TPSA) is 12.9 Å². The van der Waals surface area contributed by atoms with Crippen molar-refractivity contribution in [3.05, 3.63) is 64.9 Å². The van der Waals surface area contributed by atoms with E-state index in [1.807, 2.05) is 30.5 Å². The molecule has 0 aliphatic rings. The van der Waals surface area contributed by atoms with Gasteiger partial charge in [0, 0.05) is 5.15 Å². The Bertz CT molecular complexity index is 489. The number of halogens is 4. The van der Waals surface area contributed by atoms with Crippen LogP contribution in [0.3, 0.4) is 0 Å². The first-order valence-corrected chi connectivity index (χ1v) is 5.31. The number of aryl methyl sites for hydroxylation is 1. The Morgan fingerprint density at radius 1 is 1.21 bits per heavy atom. The van der Waals surface area contributed by atoms with Gasteiger partial charge in [-0.05, 0) is 0 Å². The molecule has 0 unspecified atom stereocenters. The van der Waals surface area contributed by atoms with E-state index in [2.05, 4.69) is 18.0 Å². The Balaban J connectivity index is 0.000000352. The number of hydrogen-bond donors (Lipinski definition) is 0. The fourth-order valence-corrected chi connectivity index (χ4v) is 1.17. The molecule has 0 aliphatic carbocycles. The van der Waals surface area contributed by atoms with Gasteiger partial charge in [-0.1, -0.05) is 18.7 Å². The Hall–Kier alpha value is 0.0864. The summed E-state index contributed by atoms with van der Waals surface area (Å²) in [4.78, 5) is 3.29. The molecule has 0 bridgehead atoms. The summed E-state index contributed by atoms with van der Waals surface area (Å²) in [5.41, 5.74) is 0.455. The standard InChI is InChI=1S/C7H7.C6H2ClF3N.K/c1-7-5-3-2-4-6-7;7-5-3-4(1-2-11-5)6(8,9)10;/h3-6H,1H3;1,3H;/q2*-1;+1. The van der Waals surface area contributed by atoms with Crippen LogP contribution in [0.5, 0.6) is 0 Å². The van der Waals surface area contributed by atoms with E-state index < -0.39 is 11.7 Å². The van der Waals surface area contributed by atoms with Gasteiger partial charge in [0.2, 0.25) is 0 Å². The number of hydrogen-bond acceptors (Lipinski definition) is 1. The van der Waals surface area contributed by atoms with Gasteiger partial charge < -0.3 is 4.98 Å². The summed E-state index contributed by atoms with van der Waals surface area (Å²) in [6.45, 7) is 2.06. The van der Waals surface area contributed by atoms with Crippen molar-refractivity contribution in [2.45, 2.75) is 13.1 Å². The molecule has 2 aromatic rings. The fourth-order valence-electron chi connectivity index (χ4n) is 1.000. The molecule has 2 rings (SSSR count). The third-order valence-corrected chi connectivity index (χ3v) is 2.07. The minimum atomic E-state index is -4.37. The third-order valence-electron chi connectivity index (χ3n) is 1.88. The van der Waals surface area contributed by atoms with Gasteiger partial charge in [-0.15, -0.1) is 23.7 Å². The maximum absolute atomic E-state index is 11.9. The molecular formula is C13H9ClF3KN-. The van der Waals surface area contributed by atoms with Crippen molar-refractivity contribution >= 4 is 11.6 Å². The molecule has 1 heterocycles. The summed E-state index contributed by atoms with van der Waals surface area (Å²) in [7, 11) is 0. The summed E-state index contributed by atoms with van der Waals surface area (Å²) < 4.78 is 35.6. The van der Waals surface area contributed by atoms with Gasteiger partial charge in [0.1, 0.15) is 0 Å². The van der Waals surface area contributed by atoms with Crippen molar-refractivity contribution < 1.29 is 64.6 Å². The van der Waals surface area contributed by atoms with Crippen LogP contribution >= 0.6 is 11.6 Å². The van der Waals surface area contributed by atoms with Crippen molar-refractivity contribution in [1.29, 1.82) is 0 Å². The molecule has 96 valence electrons. The van der Waals surface area contributed by atoms with E-state index >= 15 is 0 Å². The van der Waals surface area contributed by atoms with E-state index in [-0.39, 0.29) is 56.5 Å². The second kappa shape index (κ2) is 9.10. The van der Waals surface area contributed by atoms with Crippen LogP contribution in [0.1, 0.15) is 11.1 Å². The van der Waals surface area contributed by atoms with Gasteiger partial charge in [-0.25, -0.2) is 0 Å². The van der Waals surface area contributed by atoms with Crippen LogP contribution in [-0.2, 0) is 6.18 Å². The predicted octanol–water partition coefficient (Wildman–Crippen LogP) is 1.35. The number of nitrogens with zero attached hydrogens (tertiary/aromatic N) is 1. The molecule has 1 nitrogen and oxygen atoms in total. The molecule has 0 fully saturated rings. The molecule has 1 aromatic carbocycles. The van der Waals surface area contributed by atoms with Gasteiger partial charge >= 0.3 is 57.6 Å². The first-order chi connectivity index (χ1) is 8.39. The SMILES string of the molecule is Cc1cc[c-]cc1.FC(F)(F)c1c[c-]nc(Cl)c1.[K+]. The molecule has 6 heteroatoms. The Morgan fingerprint density at radius 2 is 1.79 bits per heavy atom. The van der Waals surface area contributed by atoms with Gasteiger partial charge in [-0.2, -0.15) is 49.1 Å². The van der Waals surface area contributed by atoms with Crippen molar-refractivity contribution in [3.8, 4) is 0 Å². The maximum Gasteiger partial charge on any atom is 1.00 e. The van der Waals surface area contributed by atoms with Crippen LogP contribution < -0.4 is 51.4 Å². The first kappa shape index (κ1) is 19.1. The van der Waals surface area contributed by atoms with Crippen LogP contribution in [0, 0.1) is 19.2 Å². The normalized spacial score (nSPS) is 9.95. The fraction of sp³-hybridized carbons (Fsp3) is 0.154. The minimum absolute atomic E-state index is 0. The smallest absolute Gasteiger partial charge is 0.376 e. The van der Waals surface area contributed by atoms with E-state index in [1.54, 1.807) is 0 Å². The Labute approximate surface area is 157 Å². The van der Waals surface area contributed by atoms with Crippen LogP contribution in [-0.4, -0.2) is 4.98 Å². The summed E-state index contributed by atoms with van der Waals surface area (Å²) in [5.74, 6) is 0. The van der Waals surface area contributed by atoms with Crippen LogP contribution in [0.15, 0.2) is 36.4 Å². The van der Waals surface area contributed by atoms with E-state index in [0.29, 0.717) is 0 Å². The Kier molecular flexibility index (Phi) is 9.14. The van der Waals surface area contributed by atoms with E-state index in [4.69, 9.17) is 11.6 Å². The molecule has 0 spiro atoms. The maximum atomic E-state index is 11.9. The van der Waals surface area contributed by atoms with Gasteiger partial charge in [0.25, 0.3) is 0 Å². The van der Waals surface area contributed by atoms with Crippen molar-refractivity contribution in [1.82, 2.24) is 4.98 Å². The number of rotatable bonds is 0. The van der Waals surface area contributed by atoms with E-state index in [1.165, 1.54) is 5.56 Å². The second-order valence-electron chi connectivity index (χ2n) is 3.38. The zero-order valence-electron chi connectivity index (χ0n) is 10.4. The molecule has 0 saturated carbocycles.